The highest BCUT2D eigenvalue weighted by atomic mass is 19.4. The van der Waals surface area contributed by atoms with Gasteiger partial charge in [-0.15, -0.1) is 0 Å². The maximum Gasteiger partial charge on any atom is 0.394 e. The summed E-state index contributed by atoms with van der Waals surface area (Å²) in [6.45, 7) is 1.89. The Bertz CT molecular complexity index is 850. The van der Waals surface area contributed by atoms with Gasteiger partial charge in [-0.25, -0.2) is 9.97 Å². The second-order valence-corrected chi connectivity index (χ2v) is 7.51. The van der Waals surface area contributed by atoms with Crippen molar-refractivity contribution < 1.29 is 18.0 Å². The fourth-order valence-electron chi connectivity index (χ4n) is 3.51. The van der Waals surface area contributed by atoms with E-state index in [2.05, 4.69) is 15.3 Å². The quantitative estimate of drug-likeness (QED) is 0.846. The van der Waals surface area contributed by atoms with Crippen LogP contribution in [0.1, 0.15) is 56.7 Å². The number of nitrogens with one attached hydrogen (secondary N) is 1. The number of halogens is 3. The highest BCUT2D eigenvalue weighted by Gasteiger charge is 2.62. The summed E-state index contributed by atoms with van der Waals surface area (Å²) in [5, 5.41) is 2.73. The number of hydrogen-bond acceptors (Lipinski definition) is 3. The van der Waals surface area contributed by atoms with Crippen LogP contribution in [0.15, 0.2) is 12.1 Å². The van der Waals surface area contributed by atoms with Gasteiger partial charge in [0.25, 0.3) is 0 Å². The van der Waals surface area contributed by atoms with Gasteiger partial charge < -0.3 is 0 Å². The Morgan fingerprint density at radius 2 is 2.04 bits per heavy atom. The third kappa shape index (κ3) is 2.95. The number of aromatic nitrogens is 3. The molecular weight excluding hydrogens is 345 g/mol. The third-order valence-corrected chi connectivity index (χ3v) is 5.65. The van der Waals surface area contributed by atoms with Gasteiger partial charge >= 0.3 is 6.18 Å². The predicted molar refractivity (Wildman–Crippen MR) is 90.7 cm³/mol. The van der Waals surface area contributed by atoms with Crippen LogP contribution >= 0.6 is 0 Å². The molecule has 0 aromatic carbocycles. The lowest BCUT2D eigenvalue weighted by Gasteiger charge is -2.28. The SMILES string of the molecule is Cc1ccc2nc(NC(=O)CCC3(C(F)(F)F)CC3)n(C3CCC3)c2n1. The molecule has 0 radical (unpaired) electrons. The highest BCUT2D eigenvalue weighted by molar-refractivity contribution is 5.91. The molecule has 2 aromatic heterocycles. The van der Waals surface area contributed by atoms with Crippen molar-refractivity contribution in [2.75, 3.05) is 5.32 Å². The Balaban J connectivity index is 1.52. The number of pyridine rings is 1. The van der Waals surface area contributed by atoms with Crippen LogP contribution < -0.4 is 5.32 Å². The number of hydrogen-bond donors (Lipinski definition) is 1. The van der Waals surface area contributed by atoms with E-state index >= 15 is 0 Å². The number of aryl methyl sites for hydroxylation is 1. The topological polar surface area (TPSA) is 59.8 Å². The van der Waals surface area contributed by atoms with Gasteiger partial charge in [-0.1, -0.05) is 0 Å². The van der Waals surface area contributed by atoms with Crippen LogP contribution in [0, 0.1) is 12.3 Å². The first-order chi connectivity index (χ1) is 12.3. The van der Waals surface area contributed by atoms with Gasteiger partial charge in [0.1, 0.15) is 5.52 Å². The number of anilines is 1. The average molecular weight is 366 g/mol. The summed E-state index contributed by atoms with van der Waals surface area (Å²) in [6.07, 6.45) is -1.22. The Hall–Kier alpha value is -2.12. The molecule has 0 unspecified atom stereocenters. The summed E-state index contributed by atoms with van der Waals surface area (Å²) in [7, 11) is 0. The van der Waals surface area contributed by atoms with Gasteiger partial charge in [0, 0.05) is 18.2 Å². The number of carbonyl (C=O) groups is 1. The van der Waals surface area contributed by atoms with Gasteiger partial charge in [-0.3, -0.25) is 14.7 Å². The summed E-state index contributed by atoms with van der Waals surface area (Å²) < 4.78 is 41.0. The molecule has 0 bridgehead atoms. The van der Waals surface area contributed by atoms with E-state index in [-0.39, 0.29) is 31.7 Å². The molecule has 2 aliphatic carbocycles. The van der Waals surface area contributed by atoms with Crippen LogP contribution in [0.3, 0.4) is 0 Å². The number of amides is 1. The van der Waals surface area contributed by atoms with E-state index in [4.69, 9.17) is 0 Å². The fourth-order valence-corrected chi connectivity index (χ4v) is 3.51. The van der Waals surface area contributed by atoms with E-state index in [0.717, 1.165) is 30.6 Å². The van der Waals surface area contributed by atoms with Gasteiger partial charge in [-0.05, 0) is 57.6 Å². The zero-order chi connectivity index (χ0) is 18.5. The van der Waals surface area contributed by atoms with Crippen molar-refractivity contribution in [1.82, 2.24) is 14.5 Å². The first-order valence-electron chi connectivity index (χ1n) is 9.01. The van der Waals surface area contributed by atoms with Crippen molar-refractivity contribution in [3.63, 3.8) is 0 Å². The molecular formula is C18H21F3N4O. The van der Waals surface area contributed by atoms with E-state index in [1.54, 1.807) is 0 Å². The molecule has 8 heteroatoms. The standard InChI is InChI=1S/C18H21F3N4O/c1-11-5-6-13-15(22-11)25(12-3-2-4-12)16(23-13)24-14(26)7-8-17(9-10-17)18(19,20)21/h5-6,12H,2-4,7-10H2,1H3,(H,23,24,26). The number of rotatable bonds is 5. The summed E-state index contributed by atoms with van der Waals surface area (Å²) in [4.78, 5) is 21.3. The molecule has 0 spiro atoms. The molecule has 0 aliphatic heterocycles. The van der Waals surface area contributed by atoms with E-state index in [1.807, 2.05) is 23.6 Å². The Kier molecular flexibility index (Phi) is 3.96. The van der Waals surface area contributed by atoms with Gasteiger partial charge in [0.2, 0.25) is 11.9 Å². The van der Waals surface area contributed by atoms with Crippen molar-refractivity contribution >= 4 is 23.0 Å². The van der Waals surface area contributed by atoms with Gasteiger partial charge in [-0.2, -0.15) is 13.2 Å². The van der Waals surface area contributed by atoms with Crippen LogP contribution in [0.2, 0.25) is 0 Å². The minimum Gasteiger partial charge on any atom is -0.296 e. The first-order valence-corrected chi connectivity index (χ1v) is 9.01. The molecule has 26 heavy (non-hydrogen) atoms. The molecule has 1 amide bonds. The summed E-state index contributed by atoms with van der Waals surface area (Å²) in [5.74, 6) is -0.0298. The predicted octanol–water partition coefficient (Wildman–Crippen LogP) is 4.53. The molecule has 140 valence electrons. The lowest BCUT2D eigenvalue weighted by molar-refractivity contribution is -0.189. The smallest absolute Gasteiger partial charge is 0.296 e. The molecule has 1 N–H and O–H groups in total. The average Bonchev–Trinajstić information content (AvgIpc) is 3.25. The number of nitrogens with zero attached hydrogens (tertiary/aromatic N) is 3. The number of imidazole rings is 1. The normalized spacial score (nSPS) is 19.4. The molecule has 2 fully saturated rings. The molecule has 2 aliphatic rings. The maximum absolute atomic E-state index is 13.0. The van der Waals surface area contributed by atoms with E-state index < -0.39 is 17.5 Å². The van der Waals surface area contributed by atoms with Crippen LogP contribution in [0.25, 0.3) is 11.2 Å². The zero-order valence-electron chi connectivity index (χ0n) is 14.6. The van der Waals surface area contributed by atoms with Crippen molar-refractivity contribution in [3.05, 3.63) is 17.8 Å². The second kappa shape index (κ2) is 5.96. The Morgan fingerprint density at radius 3 is 2.62 bits per heavy atom. The molecule has 0 atom stereocenters. The summed E-state index contributed by atoms with van der Waals surface area (Å²) in [6, 6.07) is 3.94. The van der Waals surface area contributed by atoms with Crippen molar-refractivity contribution in [1.29, 1.82) is 0 Å². The minimum atomic E-state index is -4.23. The largest absolute Gasteiger partial charge is 0.394 e. The van der Waals surface area contributed by atoms with Crippen molar-refractivity contribution in [3.8, 4) is 0 Å². The number of carbonyl (C=O) groups excluding carboxylic acids is 1. The summed E-state index contributed by atoms with van der Waals surface area (Å²) in [5.41, 5.74) is 0.610. The second-order valence-electron chi connectivity index (χ2n) is 7.51. The highest BCUT2D eigenvalue weighted by Crippen LogP contribution is 2.60. The Morgan fingerprint density at radius 1 is 1.31 bits per heavy atom. The van der Waals surface area contributed by atoms with Gasteiger partial charge in [0.05, 0.1) is 5.41 Å². The van der Waals surface area contributed by atoms with E-state index in [1.165, 1.54) is 0 Å². The number of fused-ring (bicyclic) bond motifs is 1. The lowest BCUT2D eigenvalue weighted by Crippen LogP contribution is -2.27. The lowest BCUT2D eigenvalue weighted by atomic mass is 9.93. The van der Waals surface area contributed by atoms with Crippen LogP contribution in [0.5, 0.6) is 0 Å². The fraction of sp³-hybridized carbons (Fsp3) is 0.611. The molecule has 2 saturated carbocycles. The Labute approximate surface area is 149 Å². The molecule has 5 nitrogen and oxygen atoms in total. The minimum absolute atomic E-state index is 0.119. The molecule has 4 rings (SSSR count). The van der Waals surface area contributed by atoms with E-state index in [9.17, 15) is 18.0 Å². The summed E-state index contributed by atoms with van der Waals surface area (Å²) >= 11 is 0. The van der Waals surface area contributed by atoms with Crippen LogP contribution in [-0.4, -0.2) is 26.6 Å². The zero-order valence-corrected chi connectivity index (χ0v) is 14.6. The van der Waals surface area contributed by atoms with Crippen molar-refractivity contribution in [2.24, 2.45) is 5.41 Å². The molecule has 2 aromatic rings. The third-order valence-electron chi connectivity index (χ3n) is 5.65. The van der Waals surface area contributed by atoms with E-state index in [0.29, 0.717) is 11.5 Å². The van der Waals surface area contributed by atoms with Crippen molar-refractivity contribution in [2.45, 2.75) is 64.1 Å². The van der Waals surface area contributed by atoms with Crippen LogP contribution in [0.4, 0.5) is 19.1 Å². The first kappa shape index (κ1) is 17.3. The molecule has 0 saturated heterocycles. The monoisotopic (exact) mass is 366 g/mol. The maximum atomic E-state index is 13.0. The van der Waals surface area contributed by atoms with Crippen LogP contribution in [-0.2, 0) is 4.79 Å². The van der Waals surface area contributed by atoms with Gasteiger partial charge in [0.15, 0.2) is 5.65 Å². The number of alkyl halides is 3. The molecule has 2 heterocycles.